The molecule has 4 rings (SSSR count). The van der Waals surface area contributed by atoms with Crippen LogP contribution in [0.5, 0.6) is 0 Å². The Bertz CT molecular complexity index is 630. The quantitative estimate of drug-likeness (QED) is 0.847. The maximum atomic E-state index is 12.2. The molecule has 3 fully saturated rings. The first-order valence-corrected chi connectivity index (χ1v) is 9.43. The van der Waals surface area contributed by atoms with Crippen molar-refractivity contribution in [2.45, 2.75) is 70.9 Å². The second kappa shape index (κ2) is 5.50. The van der Waals surface area contributed by atoms with Gasteiger partial charge in [-0.3, -0.25) is 4.68 Å². The Labute approximate surface area is 144 Å². The molecule has 1 aliphatic heterocycles. The predicted octanol–water partition coefficient (Wildman–Crippen LogP) is 3.75. The van der Waals surface area contributed by atoms with Gasteiger partial charge in [-0.2, -0.15) is 5.10 Å². The fourth-order valence-electron chi connectivity index (χ4n) is 4.25. The standard InChI is InChI=1S/C19H29N3O2/c1-5-12-9-16(22(20-12)13-7-6-8-13)17-14-10-21(11-15(14)17)18(23)24-19(2,3)4/h9,13-15,17H,5-8,10-11H2,1-4H3. The number of ether oxygens (including phenoxy) is 1. The number of carbonyl (C=O) groups excluding carboxylic acids is 1. The topological polar surface area (TPSA) is 47.4 Å². The number of fused-ring (bicyclic) bond motifs is 1. The molecule has 0 aromatic carbocycles. The van der Waals surface area contributed by atoms with E-state index in [9.17, 15) is 4.79 Å². The van der Waals surface area contributed by atoms with Gasteiger partial charge in [0.1, 0.15) is 5.60 Å². The van der Waals surface area contributed by atoms with E-state index in [1.54, 1.807) is 0 Å². The Morgan fingerprint density at radius 3 is 2.46 bits per heavy atom. The number of piperidine rings is 1. The van der Waals surface area contributed by atoms with Crippen LogP contribution in [0.2, 0.25) is 0 Å². The van der Waals surface area contributed by atoms with Crippen molar-refractivity contribution in [2.24, 2.45) is 11.8 Å². The van der Waals surface area contributed by atoms with Crippen molar-refractivity contribution in [2.75, 3.05) is 13.1 Å². The molecule has 5 nitrogen and oxygen atoms in total. The van der Waals surface area contributed by atoms with Crippen molar-refractivity contribution in [3.05, 3.63) is 17.5 Å². The van der Waals surface area contributed by atoms with Gasteiger partial charge < -0.3 is 9.64 Å². The van der Waals surface area contributed by atoms with Crippen molar-refractivity contribution < 1.29 is 9.53 Å². The summed E-state index contributed by atoms with van der Waals surface area (Å²) in [6, 6.07) is 2.93. The van der Waals surface area contributed by atoms with Gasteiger partial charge in [0.15, 0.2) is 0 Å². The molecule has 0 N–H and O–H groups in total. The van der Waals surface area contributed by atoms with Crippen LogP contribution in [0, 0.1) is 11.8 Å². The van der Waals surface area contributed by atoms with Crippen molar-refractivity contribution in [3.8, 4) is 0 Å². The lowest BCUT2D eigenvalue weighted by Crippen LogP contribution is -2.37. The zero-order valence-electron chi connectivity index (χ0n) is 15.3. The number of nitrogens with zero attached hydrogens (tertiary/aromatic N) is 3. The summed E-state index contributed by atoms with van der Waals surface area (Å²) in [4.78, 5) is 14.1. The first kappa shape index (κ1) is 16.0. The molecule has 0 bridgehead atoms. The molecule has 132 valence electrons. The summed E-state index contributed by atoms with van der Waals surface area (Å²) < 4.78 is 7.83. The lowest BCUT2D eigenvalue weighted by Gasteiger charge is -2.29. The van der Waals surface area contributed by atoms with Crippen LogP contribution in [-0.2, 0) is 11.2 Å². The Hall–Kier alpha value is -1.52. The summed E-state index contributed by atoms with van der Waals surface area (Å²) in [5, 5.41) is 4.85. The molecule has 2 atom stereocenters. The number of rotatable bonds is 3. The number of amides is 1. The summed E-state index contributed by atoms with van der Waals surface area (Å²) in [7, 11) is 0. The van der Waals surface area contributed by atoms with Crippen LogP contribution in [0.3, 0.4) is 0 Å². The predicted molar refractivity (Wildman–Crippen MR) is 92.0 cm³/mol. The van der Waals surface area contributed by atoms with Gasteiger partial charge in [0.25, 0.3) is 0 Å². The molecule has 2 heterocycles. The van der Waals surface area contributed by atoms with Crippen LogP contribution in [0.25, 0.3) is 0 Å². The Morgan fingerprint density at radius 2 is 1.96 bits per heavy atom. The molecule has 0 radical (unpaired) electrons. The summed E-state index contributed by atoms with van der Waals surface area (Å²) in [6.45, 7) is 9.62. The van der Waals surface area contributed by atoms with E-state index < -0.39 is 5.60 Å². The molecule has 0 spiro atoms. The SMILES string of the molecule is CCc1cc(C2C3CN(C(=O)OC(C)(C)C)CC32)n(C2CCC2)n1. The van der Waals surface area contributed by atoms with E-state index in [1.807, 2.05) is 25.7 Å². The Kier molecular flexibility index (Phi) is 3.66. The lowest BCUT2D eigenvalue weighted by atomic mass is 9.93. The van der Waals surface area contributed by atoms with E-state index in [0.717, 1.165) is 19.5 Å². The largest absolute Gasteiger partial charge is 0.444 e. The number of likely N-dealkylation sites (tertiary alicyclic amines) is 1. The highest BCUT2D eigenvalue weighted by atomic mass is 16.6. The fourth-order valence-corrected chi connectivity index (χ4v) is 4.25. The molecular formula is C19H29N3O2. The number of hydrogen-bond acceptors (Lipinski definition) is 3. The number of carbonyl (C=O) groups is 1. The third-order valence-corrected chi connectivity index (χ3v) is 5.79. The number of aromatic nitrogens is 2. The average molecular weight is 331 g/mol. The first-order chi connectivity index (χ1) is 11.4. The monoisotopic (exact) mass is 331 g/mol. The number of aryl methyl sites for hydroxylation is 1. The number of hydrogen-bond donors (Lipinski definition) is 0. The van der Waals surface area contributed by atoms with Gasteiger partial charge in [-0.05, 0) is 64.4 Å². The molecule has 1 aromatic rings. The molecule has 1 amide bonds. The minimum absolute atomic E-state index is 0.157. The normalized spacial score (nSPS) is 29.3. The van der Waals surface area contributed by atoms with Crippen molar-refractivity contribution in [3.63, 3.8) is 0 Å². The summed E-state index contributed by atoms with van der Waals surface area (Å²) in [5.74, 6) is 1.78. The van der Waals surface area contributed by atoms with Crippen molar-refractivity contribution >= 4 is 6.09 Å². The van der Waals surface area contributed by atoms with Gasteiger partial charge >= 0.3 is 6.09 Å². The first-order valence-electron chi connectivity index (χ1n) is 9.43. The molecule has 3 aliphatic rings. The van der Waals surface area contributed by atoms with E-state index in [0.29, 0.717) is 23.8 Å². The van der Waals surface area contributed by atoms with Gasteiger partial charge in [-0.15, -0.1) is 0 Å². The molecule has 5 heteroatoms. The van der Waals surface area contributed by atoms with Gasteiger partial charge in [-0.25, -0.2) is 4.79 Å². The van der Waals surface area contributed by atoms with E-state index >= 15 is 0 Å². The second-order valence-corrected chi connectivity index (χ2v) is 8.68. The highest BCUT2D eigenvalue weighted by Gasteiger charge is 2.59. The highest BCUT2D eigenvalue weighted by molar-refractivity contribution is 5.69. The Morgan fingerprint density at radius 1 is 1.29 bits per heavy atom. The third kappa shape index (κ3) is 2.72. The van der Waals surface area contributed by atoms with Gasteiger partial charge in [-0.1, -0.05) is 6.92 Å². The minimum Gasteiger partial charge on any atom is -0.444 e. The molecule has 2 aliphatic carbocycles. The molecular weight excluding hydrogens is 302 g/mol. The Balaban J connectivity index is 1.43. The fraction of sp³-hybridized carbons (Fsp3) is 0.789. The second-order valence-electron chi connectivity index (χ2n) is 8.68. The smallest absolute Gasteiger partial charge is 0.410 e. The maximum absolute atomic E-state index is 12.2. The lowest BCUT2D eigenvalue weighted by molar-refractivity contribution is 0.0270. The average Bonchev–Trinajstić information content (AvgIpc) is 2.84. The van der Waals surface area contributed by atoms with Gasteiger partial charge in [0, 0.05) is 24.7 Å². The van der Waals surface area contributed by atoms with E-state index in [1.165, 1.54) is 30.7 Å². The molecule has 2 saturated carbocycles. The summed E-state index contributed by atoms with van der Waals surface area (Å²) >= 11 is 0. The highest BCUT2D eigenvalue weighted by Crippen LogP contribution is 2.59. The maximum Gasteiger partial charge on any atom is 0.410 e. The molecule has 24 heavy (non-hydrogen) atoms. The van der Waals surface area contributed by atoms with Crippen LogP contribution in [0.1, 0.15) is 70.3 Å². The summed E-state index contributed by atoms with van der Waals surface area (Å²) in [5.41, 5.74) is 2.23. The van der Waals surface area contributed by atoms with Crippen LogP contribution in [0.15, 0.2) is 6.07 Å². The summed E-state index contributed by atoms with van der Waals surface area (Å²) in [6.07, 6.45) is 4.71. The zero-order chi connectivity index (χ0) is 17.1. The van der Waals surface area contributed by atoms with Crippen LogP contribution >= 0.6 is 0 Å². The zero-order valence-corrected chi connectivity index (χ0v) is 15.3. The van der Waals surface area contributed by atoms with Crippen LogP contribution in [-0.4, -0.2) is 39.5 Å². The van der Waals surface area contributed by atoms with E-state index in [-0.39, 0.29) is 6.09 Å². The van der Waals surface area contributed by atoms with Gasteiger partial charge in [0.2, 0.25) is 0 Å². The van der Waals surface area contributed by atoms with Crippen LogP contribution < -0.4 is 0 Å². The third-order valence-electron chi connectivity index (χ3n) is 5.79. The van der Waals surface area contributed by atoms with E-state index in [4.69, 9.17) is 9.84 Å². The van der Waals surface area contributed by atoms with Crippen molar-refractivity contribution in [1.82, 2.24) is 14.7 Å². The van der Waals surface area contributed by atoms with E-state index in [2.05, 4.69) is 17.7 Å². The molecule has 2 unspecified atom stereocenters. The minimum atomic E-state index is -0.415. The van der Waals surface area contributed by atoms with Crippen molar-refractivity contribution in [1.29, 1.82) is 0 Å². The molecule has 1 saturated heterocycles. The van der Waals surface area contributed by atoms with Gasteiger partial charge in [0.05, 0.1) is 11.7 Å². The van der Waals surface area contributed by atoms with Crippen LogP contribution in [0.4, 0.5) is 4.79 Å². The molecule has 1 aromatic heterocycles.